The molecule has 0 spiro atoms. The molecule has 148 valence electrons. The molecule has 0 saturated heterocycles. The summed E-state index contributed by atoms with van der Waals surface area (Å²) in [6, 6.07) is 0. The van der Waals surface area contributed by atoms with Crippen molar-refractivity contribution in [2.24, 2.45) is 17.3 Å². The molecule has 6 heteroatoms. The molecular weight excluding hydrogens is 324 g/mol. The number of carboxylic acids is 2. The number of aliphatic carboxylic acids is 2. The summed E-state index contributed by atoms with van der Waals surface area (Å²) in [7, 11) is 0. The van der Waals surface area contributed by atoms with Crippen LogP contribution in [-0.4, -0.2) is 45.6 Å². The van der Waals surface area contributed by atoms with Crippen LogP contribution >= 0.6 is 0 Å². The zero-order valence-electron chi connectivity index (χ0n) is 16.5. The van der Waals surface area contributed by atoms with E-state index in [1.807, 2.05) is 0 Å². The van der Waals surface area contributed by atoms with Crippen LogP contribution in [0.4, 0.5) is 0 Å². The molecule has 6 nitrogen and oxygen atoms in total. The van der Waals surface area contributed by atoms with Gasteiger partial charge in [-0.15, -0.1) is 0 Å². The zero-order valence-corrected chi connectivity index (χ0v) is 16.5. The molecule has 0 rings (SSSR count). The van der Waals surface area contributed by atoms with Gasteiger partial charge in [-0.25, -0.2) is 9.59 Å². The van der Waals surface area contributed by atoms with Gasteiger partial charge in [0.2, 0.25) is 0 Å². The van der Waals surface area contributed by atoms with Gasteiger partial charge in [0.25, 0.3) is 0 Å². The Balaban J connectivity index is -0.000000336. The summed E-state index contributed by atoms with van der Waals surface area (Å²) >= 11 is 0. The topological polar surface area (TPSA) is 115 Å². The van der Waals surface area contributed by atoms with E-state index < -0.39 is 11.9 Å². The average molecular weight is 360 g/mol. The summed E-state index contributed by atoms with van der Waals surface area (Å²) in [5, 5.41) is 34.4. The first-order valence-corrected chi connectivity index (χ1v) is 8.24. The van der Waals surface area contributed by atoms with Crippen LogP contribution in [0, 0.1) is 17.3 Å². The first-order chi connectivity index (χ1) is 11.2. The van der Waals surface area contributed by atoms with Crippen molar-refractivity contribution in [3.8, 4) is 0 Å². The second kappa shape index (κ2) is 14.7. The lowest BCUT2D eigenvalue weighted by molar-refractivity contribution is -0.133. The maximum atomic E-state index is 9.60. The maximum absolute atomic E-state index is 9.60. The molecule has 0 atom stereocenters. The minimum absolute atomic E-state index is 0.0971. The molecule has 0 heterocycles. The van der Waals surface area contributed by atoms with E-state index in [-0.39, 0.29) is 29.8 Å². The number of aliphatic hydroxyl groups is 2. The van der Waals surface area contributed by atoms with Crippen molar-refractivity contribution < 1.29 is 30.0 Å². The molecule has 0 aromatic heterocycles. The first kappa shape index (κ1) is 28.2. The lowest BCUT2D eigenvalue weighted by Crippen LogP contribution is -2.33. The number of hydrogen-bond donors (Lipinski definition) is 4. The Morgan fingerprint density at radius 2 is 1.00 bits per heavy atom. The fourth-order valence-corrected chi connectivity index (χ4v) is 2.12. The van der Waals surface area contributed by atoms with Crippen molar-refractivity contribution >= 4 is 11.9 Å². The molecule has 0 aliphatic heterocycles. The minimum Gasteiger partial charge on any atom is -0.478 e. The molecule has 4 N–H and O–H groups in total. The fraction of sp³-hybridized carbons (Fsp3) is 0.684. The molecule has 0 saturated carbocycles. The van der Waals surface area contributed by atoms with Gasteiger partial charge in [-0.3, -0.25) is 0 Å². The number of carboxylic acid groups (broad SMARTS) is 2. The molecule has 0 bridgehead atoms. The molecule has 0 amide bonds. The highest BCUT2D eigenvalue weighted by Crippen LogP contribution is 2.32. The molecule has 0 unspecified atom stereocenters. The van der Waals surface area contributed by atoms with E-state index in [9.17, 15) is 19.8 Å². The predicted octanol–water partition coefficient (Wildman–Crippen LogP) is 3.34. The summed E-state index contributed by atoms with van der Waals surface area (Å²) in [6.45, 7) is 17.9. The van der Waals surface area contributed by atoms with Crippen LogP contribution in [0.1, 0.15) is 54.4 Å². The number of rotatable bonds is 8. The Labute approximate surface area is 151 Å². The van der Waals surface area contributed by atoms with Crippen LogP contribution in [0.3, 0.4) is 0 Å². The third kappa shape index (κ3) is 18.5. The average Bonchev–Trinajstić information content (AvgIpc) is 2.46. The van der Waals surface area contributed by atoms with E-state index in [0.29, 0.717) is 11.8 Å². The van der Waals surface area contributed by atoms with Crippen molar-refractivity contribution in [2.45, 2.75) is 54.4 Å². The van der Waals surface area contributed by atoms with Gasteiger partial charge in [0.1, 0.15) is 0 Å². The highest BCUT2D eigenvalue weighted by Gasteiger charge is 2.30. The summed E-state index contributed by atoms with van der Waals surface area (Å²) in [4.78, 5) is 19.2. The monoisotopic (exact) mass is 360 g/mol. The second-order valence-corrected chi connectivity index (χ2v) is 7.18. The van der Waals surface area contributed by atoms with Crippen molar-refractivity contribution in [3.05, 3.63) is 24.3 Å². The summed E-state index contributed by atoms with van der Waals surface area (Å²) in [5.41, 5.74) is 0.0903. The summed E-state index contributed by atoms with van der Waals surface area (Å²) < 4.78 is 0. The van der Waals surface area contributed by atoms with E-state index in [1.165, 1.54) is 13.8 Å². The molecule has 25 heavy (non-hydrogen) atoms. The van der Waals surface area contributed by atoms with Crippen LogP contribution in [-0.2, 0) is 9.59 Å². The number of carbonyl (C=O) groups is 2. The van der Waals surface area contributed by atoms with Crippen molar-refractivity contribution in [2.75, 3.05) is 13.2 Å². The van der Waals surface area contributed by atoms with Gasteiger partial charge in [-0.2, -0.15) is 0 Å². The molecule has 0 aliphatic carbocycles. The standard InChI is InChI=1S/C11H24O2.2C4H6O2/c1-9(2)5-11(7-12,8-13)6-10(3)4;2*1-3(2)4(5)6/h9-10,12-13H,5-8H2,1-4H3;2*1H2,2H3,(H,5,6). The Kier molecular flexibility index (Phi) is 16.5. The minimum atomic E-state index is -0.935. The normalized spacial score (nSPS) is 10.3. The smallest absolute Gasteiger partial charge is 0.330 e. The Hall–Kier alpha value is -1.66. The number of hydrogen-bond acceptors (Lipinski definition) is 4. The lowest BCUT2D eigenvalue weighted by atomic mass is 9.75. The van der Waals surface area contributed by atoms with E-state index >= 15 is 0 Å². The Morgan fingerprint density at radius 3 is 1.08 bits per heavy atom. The Bertz CT molecular complexity index is 360. The van der Waals surface area contributed by atoms with Crippen LogP contribution < -0.4 is 0 Å². The van der Waals surface area contributed by atoms with Gasteiger partial charge in [0, 0.05) is 16.6 Å². The van der Waals surface area contributed by atoms with Gasteiger partial charge in [0.15, 0.2) is 0 Å². The van der Waals surface area contributed by atoms with Crippen LogP contribution in [0.25, 0.3) is 0 Å². The third-order valence-corrected chi connectivity index (χ3v) is 3.08. The van der Waals surface area contributed by atoms with Crippen molar-refractivity contribution in [1.82, 2.24) is 0 Å². The third-order valence-electron chi connectivity index (χ3n) is 3.08. The summed E-state index contributed by atoms with van der Waals surface area (Å²) in [6.07, 6.45) is 1.80. The quantitative estimate of drug-likeness (QED) is 0.493. The number of aliphatic hydroxyl groups excluding tert-OH is 2. The van der Waals surface area contributed by atoms with Crippen molar-refractivity contribution in [3.63, 3.8) is 0 Å². The van der Waals surface area contributed by atoms with E-state index in [0.717, 1.165) is 12.8 Å². The second-order valence-electron chi connectivity index (χ2n) is 7.18. The molecular formula is C19H36O6. The fourth-order valence-electron chi connectivity index (χ4n) is 2.12. The molecule has 0 aromatic carbocycles. The maximum Gasteiger partial charge on any atom is 0.330 e. The van der Waals surface area contributed by atoms with Crippen LogP contribution in [0.5, 0.6) is 0 Å². The van der Waals surface area contributed by atoms with E-state index in [4.69, 9.17) is 10.2 Å². The molecule has 0 fully saturated rings. The molecule has 0 aromatic rings. The largest absolute Gasteiger partial charge is 0.478 e. The Morgan fingerprint density at radius 1 is 0.800 bits per heavy atom. The van der Waals surface area contributed by atoms with Gasteiger partial charge < -0.3 is 20.4 Å². The van der Waals surface area contributed by atoms with Crippen LogP contribution in [0.15, 0.2) is 24.3 Å². The first-order valence-electron chi connectivity index (χ1n) is 8.24. The van der Waals surface area contributed by atoms with E-state index in [2.05, 4.69) is 40.9 Å². The molecule has 0 aliphatic rings. The zero-order chi connectivity index (χ0) is 20.8. The highest BCUT2D eigenvalue weighted by atomic mass is 16.4. The summed E-state index contributed by atoms with van der Waals surface area (Å²) in [5.74, 6) is -0.818. The van der Waals surface area contributed by atoms with Gasteiger partial charge in [0.05, 0.1) is 13.2 Å². The van der Waals surface area contributed by atoms with Gasteiger partial charge >= 0.3 is 11.9 Å². The van der Waals surface area contributed by atoms with E-state index in [1.54, 1.807) is 0 Å². The van der Waals surface area contributed by atoms with Crippen molar-refractivity contribution in [1.29, 1.82) is 0 Å². The highest BCUT2D eigenvalue weighted by molar-refractivity contribution is 5.85. The lowest BCUT2D eigenvalue weighted by Gasteiger charge is -2.33. The van der Waals surface area contributed by atoms with Crippen LogP contribution in [0.2, 0.25) is 0 Å². The molecule has 0 radical (unpaired) electrons. The van der Waals surface area contributed by atoms with Gasteiger partial charge in [-0.1, -0.05) is 40.9 Å². The SMILES string of the molecule is C=C(C)C(=O)O.C=C(C)C(=O)O.CC(C)CC(CO)(CO)CC(C)C. The predicted molar refractivity (Wildman–Crippen MR) is 100 cm³/mol. The van der Waals surface area contributed by atoms with Gasteiger partial charge in [-0.05, 0) is 38.5 Å².